The smallest absolute Gasteiger partial charge is 0.123 e. The van der Waals surface area contributed by atoms with Crippen molar-refractivity contribution in [3.05, 3.63) is 35.6 Å². The van der Waals surface area contributed by atoms with Crippen molar-refractivity contribution in [2.24, 2.45) is 0 Å². The summed E-state index contributed by atoms with van der Waals surface area (Å²) in [5.41, 5.74) is 1.23. The summed E-state index contributed by atoms with van der Waals surface area (Å²) < 4.78 is 13.0. The normalized spacial score (nSPS) is 28.5. The lowest BCUT2D eigenvalue weighted by Crippen LogP contribution is -2.55. The molecule has 2 unspecified atom stereocenters. The molecule has 2 aliphatic heterocycles. The van der Waals surface area contributed by atoms with Gasteiger partial charge in [-0.3, -0.25) is 9.80 Å². The van der Waals surface area contributed by atoms with Crippen molar-refractivity contribution in [3.63, 3.8) is 0 Å². The van der Waals surface area contributed by atoms with Crippen LogP contribution in [0.15, 0.2) is 24.3 Å². The van der Waals surface area contributed by atoms with E-state index >= 15 is 0 Å². The van der Waals surface area contributed by atoms with Gasteiger partial charge in [-0.05, 0) is 43.5 Å². The fourth-order valence-corrected chi connectivity index (χ4v) is 3.55. The summed E-state index contributed by atoms with van der Waals surface area (Å²) in [6, 6.07) is 8.39. The zero-order valence-electron chi connectivity index (χ0n) is 11.7. The third-order valence-electron chi connectivity index (χ3n) is 4.68. The number of nitrogens with zero attached hydrogens (tertiary/aromatic N) is 2. The van der Waals surface area contributed by atoms with E-state index in [0.717, 1.165) is 12.6 Å². The van der Waals surface area contributed by atoms with E-state index in [1.807, 2.05) is 12.1 Å². The highest BCUT2D eigenvalue weighted by atomic mass is 19.1. The van der Waals surface area contributed by atoms with E-state index in [9.17, 15) is 4.39 Å². The fraction of sp³-hybridized carbons (Fsp3) is 0.625. The van der Waals surface area contributed by atoms with E-state index in [4.69, 9.17) is 0 Å². The first-order chi connectivity index (χ1) is 9.26. The van der Waals surface area contributed by atoms with E-state index in [1.54, 1.807) is 12.1 Å². The Morgan fingerprint density at radius 1 is 1.21 bits per heavy atom. The largest absolute Gasteiger partial charge is 0.298 e. The maximum atomic E-state index is 13.0. The highest BCUT2D eigenvalue weighted by Gasteiger charge is 2.35. The van der Waals surface area contributed by atoms with Crippen molar-refractivity contribution in [2.75, 3.05) is 19.6 Å². The fourth-order valence-electron chi connectivity index (χ4n) is 3.55. The molecule has 0 spiro atoms. The van der Waals surface area contributed by atoms with Crippen LogP contribution in [-0.4, -0.2) is 41.5 Å². The van der Waals surface area contributed by atoms with Gasteiger partial charge in [0.05, 0.1) is 0 Å². The van der Waals surface area contributed by atoms with Crippen molar-refractivity contribution in [1.82, 2.24) is 9.80 Å². The van der Waals surface area contributed by atoms with Crippen LogP contribution in [0.25, 0.3) is 0 Å². The molecule has 2 fully saturated rings. The van der Waals surface area contributed by atoms with Gasteiger partial charge in [-0.1, -0.05) is 19.1 Å². The van der Waals surface area contributed by atoms with Crippen molar-refractivity contribution >= 4 is 0 Å². The molecule has 3 heteroatoms. The van der Waals surface area contributed by atoms with Crippen molar-refractivity contribution in [3.8, 4) is 0 Å². The molecule has 0 N–H and O–H groups in total. The highest BCUT2D eigenvalue weighted by Crippen LogP contribution is 2.27. The summed E-state index contributed by atoms with van der Waals surface area (Å²) in [4.78, 5) is 5.26. The van der Waals surface area contributed by atoms with Gasteiger partial charge in [0.1, 0.15) is 5.82 Å². The van der Waals surface area contributed by atoms with Crippen LogP contribution in [0.2, 0.25) is 0 Å². The zero-order valence-corrected chi connectivity index (χ0v) is 11.7. The lowest BCUT2D eigenvalue weighted by molar-refractivity contribution is 0.0437. The maximum absolute atomic E-state index is 13.0. The zero-order chi connectivity index (χ0) is 13.2. The van der Waals surface area contributed by atoms with E-state index in [1.165, 1.54) is 44.5 Å². The Bertz CT molecular complexity index is 417. The summed E-state index contributed by atoms with van der Waals surface area (Å²) in [7, 11) is 0. The number of rotatable bonds is 3. The molecule has 0 amide bonds. The molecule has 2 heterocycles. The monoisotopic (exact) mass is 262 g/mol. The summed E-state index contributed by atoms with van der Waals surface area (Å²) >= 11 is 0. The van der Waals surface area contributed by atoms with Crippen LogP contribution in [0.3, 0.4) is 0 Å². The second kappa shape index (κ2) is 5.59. The molecule has 104 valence electrons. The van der Waals surface area contributed by atoms with Crippen molar-refractivity contribution in [2.45, 2.75) is 44.8 Å². The van der Waals surface area contributed by atoms with Gasteiger partial charge in [0.15, 0.2) is 0 Å². The predicted octanol–water partition coefficient (Wildman–Crippen LogP) is 2.88. The molecule has 0 aromatic heterocycles. The Balaban J connectivity index is 1.69. The number of piperazine rings is 1. The van der Waals surface area contributed by atoms with Gasteiger partial charge in [0, 0.05) is 31.7 Å². The molecule has 0 saturated carbocycles. The van der Waals surface area contributed by atoms with E-state index in [2.05, 4.69) is 16.7 Å². The summed E-state index contributed by atoms with van der Waals surface area (Å²) in [6.45, 7) is 6.91. The first kappa shape index (κ1) is 13.1. The van der Waals surface area contributed by atoms with Crippen LogP contribution in [-0.2, 0) is 6.54 Å². The van der Waals surface area contributed by atoms with E-state index in [0.29, 0.717) is 6.04 Å². The van der Waals surface area contributed by atoms with Crippen molar-refractivity contribution < 1.29 is 4.39 Å². The van der Waals surface area contributed by atoms with Gasteiger partial charge in [0.2, 0.25) is 0 Å². The van der Waals surface area contributed by atoms with Crippen LogP contribution < -0.4 is 0 Å². The Labute approximate surface area is 115 Å². The van der Waals surface area contributed by atoms with Crippen LogP contribution in [0, 0.1) is 5.82 Å². The number of benzene rings is 1. The third kappa shape index (κ3) is 2.82. The van der Waals surface area contributed by atoms with Crippen LogP contribution in [0.5, 0.6) is 0 Å². The lowest BCUT2D eigenvalue weighted by Gasteiger charge is -2.43. The molecule has 2 atom stereocenters. The maximum Gasteiger partial charge on any atom is 0.123 e. The minimum atomic E-state index is -0.142. The average molecular weight is 262 g/mol. The molecule has 2 aliphatic rings. The summed E-state index contributed by atoms with van der Waals surface area (Å²) in [5.74, 6) is -0.142. The van der Waals surface area contributed by atoms with Crippen LogP contribution in [0.1, 0.15) is 31.7 Å². The molecular weight excluding hydrogens is 239 g/mol. The second-order valence-corrected chi connectivity index (χ2v) is 5.91. The molecule has 0 bridgehead atoms. The lowest BCUT2D eigenvalue weighted by atomic mass is 10.0. The van der Waals surface area contributed by atoms with Gasteiger partial charge in [-0.15, -0.1) is 0 Å². The van der Waals surface area contributed by atoms with Gasteiger partial charge in [-0.25, -0.2) is 4.39 Å². The Kier molecular flexibility index (Phi) is 3.85. The molecule has 2 saturated heterocycles. The van der Waals surface area contributed by atoms with Gasteiger partial charge >= 0.3 is 0 Å². The van der Waals surface area contributed by atoms with E-state index in [-0.39, 0.29) is 5.82 Å². The molecule has 1 aromatic carbocycles. The van der Waals surface area contributed by atoms with Gasteiger partial charge in [-0.2, -0.15) is 0 Å². The highest BCUT2D eigenvalue weighted by molar-refractivity contribution is 5.16. The van der Waals surface area contributed by atoms with Crippen molar-refractivity contribution in [1.29, 1.82) is 0 Å². The Morgan fingerprint density at radius 3 is 2.74 bits per heavy atom. The second-order valence-electron chi connectivity index (χ2n) is 5.91. The van der Waals surface area contributed by atoms with Crippen LogP contribution in [0.4, 0.5) is 4.39 Å². The summed E-state index contributed by atoms with van der Waals surface area (Å²) in [6.07, 6.45) is 3.90. The Morgan fingerprint density at radius 2 is 2.00 bits per heavy atom. The standard InChI is InChI=1S/C16H23FN2/c1-2-15-11-18-9-3-4-16(18)12-19(15)10-13-5-7-14(17)8-6-13/h5-8,15-16H,2-4,9-12H2,1H3. The first-order valence-corrected chi connectivity index (χ1v) is 7.49. The quantitative estimate of drug-likeness (QED) is 0.826. The minimum absolute atomic E-state index is 0.142. The topological polar surface area (TPSA) is 6.48 Å². The first-order valence-electron chi connectivity index (χ1n) is 7.49. The average Bonchev–Trinajstić information content (AvgIpc) is 2.87. The molecule has 3 rings (SSSR count). The Hall–Kier alpha value is -0.930. The molecule has 19 heavy (non-hydrogen) atoms. The number of hydrogen-bond acceptors (Lipinski definition) is 2. The molecular formula is C16H23FN2. The number of hydrogen-bond donors (Lipinski definition) is 0. The molecule has 2 nitrogen and oxygen atoms in total. The van der Waals surface area contributed by atoms with E-state index < -0.39 is 0 Å². The number of fused-ring (bicyclic) bond motifs is 1. The third-order valence-corrected chi connectivity index (χ3v) is 4.68. The van der Waals surface area contributed by atoms with Gasteiger partial charge < -0.3 is 0 Å². The molecule has 1 aromatic rings. The molecule has 0 radical (unpaired) electrons. The summed E-state index contributed by atoms with van der Waals surface area (Å²) in [5, 5.41) is 0. The molecule has 0 aliphatic carbocycles. The van der Waals surface area contributed by atoms with Crippen LogP contribution >= 0.6 is 0 Å². The number of halogens is 1. The predicted molar refractivity (Wildman–Crippen MR) is 75.5 cm³/mol. The van der Waals surface area contributed by atoms with Gasteiger partial charge in [0.25, 0.3) is 0 Å². The SMILES string of the molecule is CCC1CN2CCCC2CN1Cc1ccc(F)cc1. The minimum Gasteiger partial charge on any atom is -0.298 e.